The molecule has 1 fully saturated rings. The summed E-state index contributed by atoms with van der Waals surface area (Å²) < 4.78 is 0. The van der Waals surface area contributed by atoms with E-state index in [1.807, 2.05) is 24.3 Å². The minimum absolute atomic E-state index is 0.292. The van der Waals surface area contributed by atoms with E-state index in [-0.39, 0.29) is 0 Å². The van der Waals surface area contributed by atoms with Crippen molar-refractivity contribution >= 4 is 5.97 Å². The second kappa shape index (κ2) is 8.86. The molecule has 1 aliphatic carbocycles. The Labute approximate surface area is 161 Å². The fourth-order valence-corrected chi connectivity index (χ4v) is 4.40. The van der Waals surface area contributed by atoms with Gasteiger partial charge in [-0.3, -0.25) is 0 Å². The number of hydrogen-bond acceptors (Lipinski definition) is 2. The van der Waals surface area contributed by atoms with Crippen LogP contribution in [0.2, 0.25) is 0 Å². The largest absolute Gasteiger partial charge is 0.478 e. The number of carboxylic acids is 1. The van der Waals surface area contributed by atoms with Crippen LogP contribution in [-0.2, 0) is 0 Å². The van der Waals surface area contributed by atoms with Gasteiger partial charge in [-0.15, -0.1) is 0 Å². The molecule has 0 unspecified atom stereocenters. The molecule has 1 aliphatic rings. The van der Waals surface area contributed by atoms with Crippen LogP contribution in [0.15, 0.2) is 42.5 Å². The molecule has 0 radical (unpaired) electrons. The van der Waals surface area contributed by atoms with E-state index in [1.54, 1.807) is 18.2 Å². The number of benzene rings is 2. The Balaban J connectivity index is 1.93. The Morgan fingerprint density at radius 3 is 2.41 bits per heavy atom. The van der Waals surface area contributed by atoms with Crippen molar-refractivity contribution < 1.29 is 9.90 Å². The third-order valence-corrected chi connectivity index (χ3v) is 5.88. The average molecular weight is 361 g/mol. The van der Waals surface area contributed by atoms with Crippen molar-refractivity contribution in [1.82, 2.24) is 0 Å². The molecule has 3 nitrogen and oxygen atoms in total. The Bertz CT molecular complexity index is 824. The molecule has 0 aromatic heterocycles. The first-order valence-corrected chi connectivity index (χ1v) is 10.0. The van der Waals surface area contributed by atoms with Gasteiger partial charge >= 0.3 is 5.97 Å². The second-order valence-electron chi connectivity index (χ2n) is 7.62. The summed E-state index contributed by atoms with van der Waals surface area (Å²) in [7, 11) is 0. The topological polar surface area (TPSA) is 61.1 Å². The molecule has 0 atom stereocenters. The lowest BCUT2D eigenvalue weighted by Crippen LogP contribution is -2.17. The minimum atomic E-state index is -0.853. The molecule has 0 heterocycles. The first-order chi connectivity index (χ1) is 13.1. The summed E-state index contributed by atoms with van der Waals surface area (Å²) in [6.07, 6.45) is 8.31. The predicted octanol–water partition coefficient (Wildman–Crippen LogP) is 6.39. The van der Waals surface area contributed by atoms with Crippen LogP contribution in [0.25, 0.3) is 11.1 Å². The lowest BCUT2D eigenvalue weighted by Gasteiger charge is -2.31. The van der Waals surface area contributed by atoms with E-state index in [0.29, 0.717) is 17.0 Å². The molecule has 0 spiro atoms. The zero-order valence-corrected chi connectivity index (χ0v) is 15.9. The second-order valence-corrected chi connectivity index (χ2v) is 7.62. The molecule has 0 saturated heterocycles. The SMILES string of the molecule is CCCC[C@H]1CC[C@H](c2c(C(=O)O)cccc2-c2ccc(C#N)cc2)CC1. The van der Waals surface area contributed by atoms with Gasteiger partial charge in [-0.25, -0.2) is 4.79 Å². The summed E-state index contributed by atoms with van der Waals surface area (Å²) in [4.78, 5) is 11.9. The first kappa shape index (κ1) is 19.2. The van der Waals surface area contributed by atoms with E-state index in [0.717, 1.165) is 35.4 Å². The Morgan fingerprint density at radius 2 is 1.81 bits per heavy atom. The zero-order chi connectivity index (χ0) is 19.2. The number of nitrogens with zero attached hydrogens (tertiary/aromatic N) is 1. The van der Waals surface area contributed by atoms with E-state index < -0.39 is 5.97 Å². The maximum absolute atomic E-state index is 11.9. The van der Waals surface area contributed by atoms with Crippen molar-refractivity contribution in [3.05, 3.63) is 59.2 Å². The highest BCUT2D eigenvalue weighted by molar-refractivity contribution is 5.92. The molecule has 0 bridgehead atoms. The van der Waals surface area contributed by atoms with Gasteiger partial charge in [0, 0.05) is 0 Å². The van der Waals surface area contributed by atoms with Crippen LogP contribution in [0.5, 0.6) is 0 Å². The molecule has 27 heavy (non-hydrogen) atoms. The number of carboxylic acid groups (broad SMARTS) is 1. The first-order valence-electron chi connectivity index (χ1n) is 10.0. The van der Waals surface area contributed by atoms with Gasteiger partial charge in [0.1, 0.15) is 0 Å². The predicted molar refractivity (Wildman–Crippen MR) is 108 cm³/mol. The van der Waals surface area contributed by atoms with E-state index in [9.17, 15) is 9.90 Å². The van der Waals surface area contributed by atoms with E-state index in [2.05, 4.69) is 13.0 Å². The molecule has 2 aromatic rings. The highest BCUT2D eigenvalue weighted by atomic mass is 16.4. The summed E-state index contributed by atoms with van der Waals surface area (Å²) in [6.45, 7) is 2.23. The van der Waals surface area contributed by atoms with Gasteiger partial charge in [-0.2, -0.15) is 5.26 Å². The van der Waals surface area contributed by atoms with Crippen LogP contribution < -0.4 is 0 Å². The number of rotatable bonds is 6. The van der Waals surface area contributed by atoms with Crippen molar-refractivity contribution in [3.63, 3.8) is 0 Å². The van der Waals surface area contributed by atoms with E-state index in [1.165, 1.54) is 32.1 Å². The fraction of sp³-hybridized carbons (Fsp3) is 0.417. The van der Waals surface area contributed by atoms with Crippen molar-refractivity contribution in [3.8, 4) is 17.2 Å². The average Bonchev–Trinajstić information content (AvgIpc) is 2.72. The van der Waals surface area contributed by atoms with Crippen molar-refractivity contribution in [2.24, 2.45) is 5.92 Å². The highest BCUT2D eigenvalue weighted by Gasteiger charge is 2.27. The summed E-state index contributed by atoms with van der Waals surface area (Å²) in [5.74, 6) is 0.228. The van der Waals surface area contributed by atoms with Gasteiger partial charge in [-0.1, -0.05) is 50.5 Å². The molecule has 3 rings (SSSR count). The summed E-state index contributed by atoms with van der Waals surface area (Å²) >= 11 is 0. The van der Waals surface area contributed by atoms with E-state index >= 15 is 0 Å². The Kier molecular flexibility index (Phi) is 6.29. The standard InChI is InChI=1S/C24H27NO2/c1-2-3-5-17-8-14-20(15-9-17)23-21(6-4-7-22(23)24(26)27)19-12-10-18(16-25)11-13-19/h4,6-7,10-13,17,20H,2-3,5,8-9,14-15H2,1H3,(H,26,27)/t17-,20-. The molecule has 0 aliphatic heterocycles. The van der Waals surface area contributed by atoms with Gasteiger partial charge in [-0.05, 0) is 72.4 Å². The Hall–Kier alpha value is -2.60. The monoisotopic (exact) mass is 361 g/mol. The van der Waals surface area contributed by atoms with Crippen molar-refractivity contribution in [1.29, 1.82) is 5.26 Å². The van der Waals surface area contributed by atoms with Crippen LogP contribution in [0.3, 0.4) is 0 Å². The van der Waals surface area contributed by atoms with Crippen LogP contribution in [-0.4, -0.2) is 11.1 Å². The van der Waals surface area contributed by atoms with E-state index in [4.69, 9.17) is 5.26 Å². The summed E-state index contributed by atoms with van der Waals surface area (Å²) in [5, 5.41) is 18.8. The number of carbonyl (C=O) groups is 1. The van der Waals surface area contributed by atoms with Crippen LogP contribution in [0.1, 0.15) is 79.3 Å². The van der Waals surface area contributed by atoms with Crippen molar-refractivity contribution in [2.45, 2.75) is 57.8 Å². The third-order valence-electron chi connectivity index (χ3n) is 5.88. The molecule has 0 amide bonds. The number of aromatic carboxylic acids is 1. The number of hydrogen-bond donors (Lipinski definition) is 1. The van der Waals surface area contributed by atoms with Crippen molar-refractivity contribution in [2.75, 3.05) is 0 Å². The quantitative estimate of drug-likeness (QED) is 0.648. The van der Waals surface area contributed by atoms with Gasteiger partial charge in [0.05, 0.1) is 17.2 Å². The van der Waals surface area contributed by atoms with Crippen LogP contribution in [0.4, 0.5) is 0 Å². The van der Waals surface area contributed by atoms with Gasteiger partial charge in [0.25, 0.3) is 0 Å². The number of unbranched alkanes of at least 4 members (excludes halogenated alkanes) is 1. The maximum atomic E-state index is 11.9. The van der Waals surface area contributed by atoms with Gasteiger partial charge in [0.2, 0.25) is 0 Å². The zero-order valence-electron chi connectivity index (χ0n) is 15.9. The highest BCUT2D eigenvalue weighted by Crippen LogP contribution is 2.42. The summed E-state index contributed by atoms with van der Waals surface area (Å²) in [6, 6.07) is 15.2. The molecular weight excluding hydrogens is 334 g/mol. The normalized spacial score (nSPS) is 19.4. The molecular formula is C24H27NO2. The van der Waals surface area contributed by atoms with Gasteiger partial charge in [0.15, 0.2) is 0 Å². The number of nitriles is 1. The van der Waals surface area contributed by atoms with Gasteiger partial charge < -0.3 is 5.11 Å². The lowest BCUT2D eigenvalue weighted by molar-refractivity contribution is 0.0694. The van der Waals surface area contributed by atoms with Crippen LogP contribution >= 0.6 is 0 Å². The van der Waals surface area contributed by atoms with Crippen LogP contribution in [0, 0.1) is 17.2 Å². The third kappa shape index (κ3) is 4.39. The molecule has 3 heteroatoms. The Morgan fingerprint density at radius 1 is 1.11 bits per heavy atom. The molecule has 140 valence electrons. The molecule has 1 saturated carbocycles. The maximum Gasteiger partial charge on any atom is 0.335 e. The fourth-order valence-electron chi connectivity index (χ4n) is 4.40. The smallest absolute Gasteiger partial charge is 0.335 e. The molecule has 2 aromatic carbocycles. The summed E-state index contributed by atoms with van der Waals surface area (Å²) in [5.41, 5.74) is 4.00. The minimum Gasteiger partial charge on any atom is -0.478 e. The molecule has 1 N–H and O–H groups in total. The lowest BCUT2D eigenvalue weighted by atomic mass is 9.74.